The summed E-state index contributed by atoms with van der Waals surface area (Å²) in [5.41, 5.74) is 1.67. The van der Waals surface area contributed by atoms with Gasteiger partial charge in [-0.3, -0.25) is 0 Å². The molecule has 134 valence electrons. The Morgan fingerprint density at radius 3 is 2.27 bits per heavy atom. The third-order valence-corrected chi connectivity index (χ3v) is 5.21. The summed E-state index contributed by atoms with van der Waals surface area (Å²) in [6.45, 7) is 0.412. The van der Waals surface area contributed by atoms with E-state index in [0.29, 0.717) is 6.61 Å². The van der Waals surface area contributed by atoms with E-state index in [1.54, 1.807) is 0 Å². The van der Waals surface area contributed by atoms with Gasteiger partial charge in [0.15, 0.2) is 0 Å². The van der Waals surface area contributed by atoms with Gasteiger partial charge in [-0.25, -0.2) is 17.5 Å². The molecule has 0 saturated carbocycles. The second kappa shape index (κ2) is 8.12. The van der Waals surface area contributed by atoms with E-state index in [4.69, 9.17) is 4.74 Å². The Morgan fingerprint density at radius 2 is 1.54 bits per heavy atom. The van der Waals surface area contributed by atoms with Crippen molar-refractivity contribution >= 4 is 10.0 Å². The highest BCUT2D eigenvalue weighted by Crippen LogP contribution is 2.16. The van der Waals surface area contributed by atoms with Crippen molar-refractivity contribution < 1.29 is 17.5 Å². The summed E-state index contributed by atoms with van der Waals surface area (Å²) in [6, 6.07) is 21.7. The summed E-state index contributed by atoms with van der Waals surface area (Å²) in [5.74, 6) is 0.146. The van der Waals surface area contributed by atoms with Gasteiger partial charge < -0.3 is 4.74 Å². The van der Waals surface area contributed by atoms with E-state index in [1.807, 2.05) is 54.6 Å². The number of halogens is 1. The fraction of sp³-hybridized carbons (Fsp3) is 0.100. The lowest BCUT2D eigenvalue weighted by atomic mass is 10.1. The third-order valence-electron chi connectivity index (χ3n) is 3.81. The summed E-state index contributed by atoms with van der Waals surface area (Å²) < 4.78 is 46.2. The molecule has 1 N–H and O–H groups in total. The molecular formula is C20H18FNO3S. The topological polar surface area (TPSA) is 55.4 Å². The second-order valence-corrected chi connectivity index (χ2v) is 7.42. The maximum Gasteiger partial charge on any atom is 0.240 e. The molecule has 0 spiro atoms. The fourth-order valence-electron chi connectivity index (χ4n) is 2.44. The number of nitrogens with one attached hydrogen (secondary N) is 1. The Labute approximate surface area is 152 Å². The predicted octanol–water partition coefficient (Wildman–Crippen LogP) is 3.88. The molecule has 0 aliphatic rings. The summed E-state index contributed by atoms with van der Waals surface area (Å²) in [5, 5.41) is 0. The van der Waals surface area contributed by atoms with E-state index in [0.717, 1.165) is 22.9 Å². The van der Waals surface area contributed by atoms with Crippen LogP contribution >= 0.6 is 0 Å². The summed E-state index contributed by atoms with van der Waals surface area (Å²) >= 11 is 0. The average Bonchev–Trinajstić information content (AvgIpc) is 2.66. The number of benzene rings is 3. The summed E-state index contributed by atoms with van der Waals surface area (Å²) in [7, 11) is -3.80. The van der Waals surface area contributed by atoms with Gasteiger partial charge in [0.1, 0.15) is 18.2 Å². The molecule has 0 aliphatic heterocycles. The van der Waals surface area contributed by atoms with Crippen molar-refractivity contribution in [2.24, 2.45) is 0 Å². The Balaban J connectivity index is 1.70. The van der Waals surface area contributed by atoms with Crippen molar-refractivity contribution in [3.05, 3.63) is 95.8 Å². The monoisotopic (exact) mass is 371 g/mol. The van der Waals surface area contributed by atoms with Crippen LogP contribution in [-0.4, -0.2) is 8.42 Å². The van der Waals surface area contributed by atoms with Gasteiger partial charge in [0, 0.05) is 6.54 Å². The number of hydrogen-bond donors (Lipinski definition) is 1. The Kier molecular flexibility index (Phi) is 5.65. The minimum absolute atomic E-state index is 0.0904. The van der Waals surface area contributed by atoms with Crippen molar-refractivity contribution in [1.29, 1.82) is 0 Å². The van der Waals surface area contributed by atoms with E-state index in [2.05, 4.69) is 4.72 Å². The lowest BCUT2D eigenvalue weighted by Crippen LogP contribution is -2.24. The zero-order valence-electron chi connectivity index (χ0n) is 13.9. The first-order valence-corrected chi connectivity index (χ1v) is 9.53. The van der Waals surface area contributed by atoms with Crippen molar-refractivity contribution in [2.45, 2.75) is 18.0 Å². The number of rotatable bonds is 7. The normalized spacial score (nSPS) is 11.3. The van der Waals surface area contributed by atoms with Crippen LogP contribution in [0, 0.1) is 5.82 Å². The van der Waals surface area contributed by atoms with E-state index in [1.165, 1.54) is 18.2 Å². The first-order chi connectivity index (χ1) is 12.5. The molecule has 6 heteroatoms. The van der Waals surface area contributed by atoms with Crippen LogP contribution in [0.15, 0.2) is 83.8 Å². The zero-order chi connectivity index (χ0) is 18.4. The quantitative estimate of drug-likeness (QED) is 0.686. The lowest BCUT2D eigenvalue weighted by molar-refractivity contribution is 0.305. The maximum atomic E-state index is 13.3. The second-order valence-electron chi connectivity index (χ2n) is 5.65. The minimum atomic E-state index is -3.80. The number of hydrogen-bond acceptors (Lipinski definition) is 3. The molecule has 0 aliphatic carbocycles. The molecular weight excluding hydrogens is 353 g/mol. The minimum Gasteiger partial charge on any atom is -0.489 e. The van der Waals surface area contributed by atoms with E-state index < -0.39 is 15.8 Å². The Bertz CT molecular complexity index is 975. The Hall–Kier alpha value is -2.70. The van der Waals surface area contributed by atoms with Gasteiger partial charge in [-0.15, -0.1) is 0 Å². The zero-order valence-corrected chi connectivity index (χ0v) is 14.7. The molecule has 26 heavy (non-hydrogen) atoms. The number of sulfonamides is 1. The van der Waals surface area contributed by atoms with Crippen LogP contribution < -0.4 is 9.46 Å². The summed E-state index contributed by atoms with van der Waals surface area (Å²) in [6.07, 6.45) is 0. The van der Waals surface area contributed by atoms with Gasteiger partial charge in [-0.05, 0) is 41.5 Å². The third kappa shape index (κ3) is 4.68. The molecule has 3 aromatic rings. The molecule has 0 radical (unpaired) electrons. The SMILES string of the molecule is O=S(=O)(NCc1ccccc1COc1ccccc1)c1cccc(F)c1. The molecule has 3 aromatic carbocycles. The largest absolute Gasteiger partial charge is 0.489 e. The lowest BCUT2D eigenvalue weighted by Gasteiger charge is -2.12. The van der Waals surface area contributed by atoms with Gasteiger partial charge in [-0.2, -0.15) is 0 Å². The van der Waals surface area contributed by atoms with Gasteiger partial charge in [0.05, 0.1) is 4.90 Å². The van der Waals surface area contributed by atoms with Crippen molar-refractivity contribution in [3.8, 4) is 5.75 Å². The summed E-state index contributed by atoms with van der Waals surface area (Å²) in [4.78, 5) is -0.101. The van der Waals surface area contributed by atoms with E-state index >= 15 is 0 Å². The molecule has 0 atom stereocenters. The highest BCUT2D eigenvalue weighted by atomic mass is 32.2. The molecule has 4 nitrogen and oxygen atoms in total. The molecule has 0 bridgehead atoms. The number of ether oxygens (including phenoxy) is 1. The van der Waals surface area contributed by atoms with Crippen LogP contribution in [0.2, 0.25) is 0 Å². The standard InChI is InChI=1S/C20H18FNO3S/c21-18-9-6-12-20(13-18)26(23,24)22-14-16-7-4-5-8-17(16)15-25-19-10-2-1-3-11-19/h1-13,22H,14-15H2. The predicted molar refractivity (Wildman–Crippen MR) is 97.6 cm³/mol. The highest BCUT2D eigenvalue weighted by molar-refractivity contribution is 7.89. The van der Waals surface area contributed by atoms with Crippen LogP contribution in [0.3, 0.4) is 0 Å². The maximum absolute atomic E-state index is 13.3. The molecule has 0 fully saturated rings. The fourth-order valence-corrected chi connectivity index (χ4v) is 3.48. The number of para-hydroxylation sites is 1. The van der Waals surface area contributed by atoms with E-state index in [9.17, 15) is 12.8 Å². The first kappa shape index (κ1) is 18.1. The molecule has 0 aromatic heterocycles. The van der Waals surface area contributed by atoms with E-state index in [-0.39, 0.29) is 11.4 Å². The van der Waals surface area contributed by atoms with Crippen LogP contribution in [0.4, 0.5) is 4.39 Å². The van der Waals surface area contributed by atoms with Gasteiger partial charge in [0.2, 0.25) is 10.0 Å². The highest BCUT2D eigenvalue weighted by Gasteiger charge is 2.15. The van der Waals surface area contributed by atoms with Crippen LogP contribution in [0.5, 0.6) is 5.75 Å². The molecule has 0 unspecified atom stereocenters. The first-order valence-electron chi connectivity index (χ1n) is 8.04. The van der Waals surface area contributed by atoms with Crippen LogP contribution in [0.25, 0.3) is 0 Å². The molecule has 0 saturated heterocycles. The van der Waals surface area contributed by atoms with Gasteiger partial charge >= 0.3 is 0 Å². The molecule has 0 amide bonds. The van der Waals surface area contributed by atoms with Gasteiger partial charge in [-0.1, -0.05) is 48.5 Å². The molecule has 0 heterocycles. The smallest absolute Gasteiger partial charge is 0.240 e. The Morgan fingerprint density at radius 1 is 0.846 bits per heavy atom. The van der Waals surface area contributed by atoms with Crippen molar-refractivity contribution in [3.63, 3.8) is 0 Å². The van der Waals surface area contributed by atoms with Crippen molar-refractivity contribution in [1.82, 2.24) is 4.72 Å². The van der Waals surface area contributed by atoms with Crippen LogP contribution in [0.1, 0.15) is 11.1 Å². The van der Waals surface area contributed by atoms with Gasteiger partial charge in [0.25, 0.3) is 0 Å². The van der Waals surface area contributed by atoms with Crippen LogP contribution in [-0.2, 0) is 23.2 Å². The van der Waals surface area contributed by atoms with Crippen molar-refractivity contribution in [2.75, 3.05) is 0 Å². The molecule has 3 rings (SSSR count). The average molecular weight is 371 g/mol.